The molecule has 1 aliphatic heterocycles. The minimum absolute atomic E-state index is 0.166. The fourth-order valence-electron chi connectivity index (χ4n) is 3.45. The molecule has 0 unspecified atom stereocenters. The van der Waals surface area contributed by atoms with Crippen LogP contribution >= 0.6 is 11.3 Å². The van der Waals surface area contributed by atoms with Gasteiger partial charge in [-0.1, -0.05) is 17.4 Å². The largest absolute Gasteiger partial charge is 0.467 e. The third-order valence-corrected chi connectivity index (χ3v) is 6.03. The third kappa shape index (κ3) is 3.23. The highest BCUT2D eigenvalue weighted by Crippen LogP contribution is 2.36. The summed E-state index contributed by atoms with van der Waals surface area (Å²) >= 11 is 1.51. The van der Waals surface area contributed by atoms with Crippen molar-refractivity contribution in [3.05, 3.63) is 71.2 Å². The number of thiazole rings is 1. The molecule has 2 aromatic heterocycles. The van der Waals surface area contributed by atoms with Crippen LogP contribution in [0.25, 0.3) is 10.2 Å². The highest BCUT2D eigenvalue weighted by Gasteiger charge is 2.25. The molecule has 1 amide bonds. The fourth-order valence-corrected chi connectivity index (χ4v) is 4.46. The minimum Gasteiger partial charge on any atom is -0.467 e. The molecular formula is C22H18N2O4S. The van der Waals surface area contributed by atoms with E-state index in [0.29, 0.717) is 28.0 Å². The number of furan rings is 1. The first kappa shape index (κ1) is 17.8. The van der Waals surface area contributed by atoms with E-state index >= 15 is 0 Å². The van der Waals surface area contributed by atoms with Gasteiger partial charge in [0, 0.05) is 5.56 Å². The van der Waals surface area contributed by atoms with Crippen molar-refractivity contribution >= 4 is 32.6 Å². The lowest BCUT2D eigenvalue weighted by atomic mass is 10.1. The quantitative estimate of drug-likeness (QED) is 0.473. The number of hydrogen-bond acceptors (Lipinski definition) is 6. The van der Waals surface area contributed by atoms with Crippen LogP contribution in [0.3, 0.4) is 0 Å². The maximum atomic E-state index is 13.5. The van der Waals surface area contributed by atoms with E-state index in [-0.39, 0.29) is 19.2 Å². The Hall–Kier alpha value is -3.32. The van der Waals surface area contributed by atoms with Crippen LogP contribution in [0.5, 0.6) is 11.5 Å². The van der Waals surface area contributed by atoms with Gasteiger partial charge in [0.2, 0.25) is 6.79 Å². The normalized spacial score (nSPS) is 12.5. The maximum absolute atomic E-state index is 13.5. The zero-order valence-electron chi connectivity index (χ0n) is 16.0. The summed E-state index contributed by atoms with van der Waals surface area (Å²) < 4.78 is 17.4. The molecule has 0 saturated carbocycles. The van der Waals surface area contributed by atoms with Gasteiger partial charge in [0.1, 0.15) is 5.76 Å². The van der Waals surface area contributed by atoms with Crippen LogP contribution in [0.1, 0.15) is 27.2 Å². The van der Waals surface area contributed by atoms with Crippen LogP contribution in [-0.2, 0) is 6.54 Å². The second-order valence-corrected chi connectivity index (χ2v) is 7.94. The van der Waals surface area contributed by atoms with Gasteiger partial charge >= 0.3 is 0 Å². The average molecular weight is 406 g/mol. The van der Waals surface area contributed by atoms with Crippen molar-refractivity contribution < 1.29 is 18.7 Å². The van der Waals surface area contributed by atoms with Crippen LogP contribution in [0.2, 0.25) is 0 Å². The summed E-state index contributed by atoms with van der Waals surface area (Å²) in [5.41, 5.74) is 3.70. The van der Waals surface area contributed by atoms with Crippen LogP contribution < -0.4 is 14.4 Å². The van der Waals surface area contributed by atoms with E-state index in [0.717, 1.165) is 21.3 Å². The lowest BCUT2D eigenvalue weighted by Gasteiger charge is -2.19. The summed E-state index contributed by atoms with van der Waals surface area (Å²) in [7, 11) is 0. The Bertz CT molecular complexity index is 1210. The van der Waals surface area contributed by atoms with Gasteiger partial charge in [0.15, 0.2) is 16.6 Å². The SMILES string of the molecule is Cc1cc(C)c2sc(N(Cc3ccco3)C(=O)c3ccc4c(c3)OCO4)nc2c1. The molecule has 0 saturated heterocycles. The number of carbonyl (C=O) groups excluding carboxylic acids is 1. The summed E-state index contributed by atoms with van der Waals surface area (Å²) in [5.74, 6) is 1.73. The zero-order chi connectivity index (χ0) is 20.0. The second-order valence-electron chi connectivity index (χ2n) is 6.97. The van der Waals surface area contributed by atoms with E-state index in [4.69, 9.17) is 18.9 Å². The van der Waals surface area contributed by atoms with Crippen molar-refractivity contribution in [2.24, 2.45) is 0 Å². The Morgan fingerprint density at radius 3 is 2.83 bits per heavy atom. The number of amides is 1. The van der Waals surface area contributed by atoms with Crippen LogP contribution in [0, 0.1) is 13.8 Å². The molecule has 146 valence electrons. The first-order chi connectivity index (χ1) is 14.1. The Balaban J connectivity index is 1.58. The monoisotopic (exact) mass is 406 g/mol. The molecular weight excluding hydrogens is 388 g/mol. The van der Waals surface area contributed by atoms with Gasteiger partial charge in [-0.3, -0.25) is 9.69 Å². The molecule has 7 heteroatoms. The van der Waals surface area contributed by atoms with Crippen molar-refractivity contribution in [2.75, 3.05) is 11.7 Å². The highest BCUT2D eigenvalue weighted by atomic mass is 32.1. The van der Waals surface area contributed by atoms with Crippen LogP contribution in [-0.4, -0.2) is 17.7 Å². The zero-order valence-corrected chi connectivity index (χ0v) is 16.8. The molecule has 4 aromatic rings. The van der Waals surface area contributed by atoms with Gasteiger partial charge in [0.25, 0.3) is 5.91 Å². The summed E-state index contributed by atoms with van der Waals surface area (Å²) in [6, 6.07) is 13.0. The molecule has 0 spiro atoms. The van der Waals surface area contributed by atoms with E-state index in [9.17, 15) is 4.79 Å². The van der Waals surface area contributed by atoms with Gasteiger partial charge < -0.3 is 13.9 Å². The van der Waals surface area contributed by atoms with Crippen LogP contribution in [0.4, 0.5) is 5.13 Å². The Kier molecular flexibility index (Phi) is 4.24. The van der Waals surface area contributed by atoms with E-state index in [1.165, 1.54) is 11.3 Å². The van der Waals surface area contributed by atoms with E-state index in [1.54, 1.807) is 29.4 Å². The molecule has 0 bridgehead atoms. The molecule has 0 atom stereocenters. The van der Waals surface area contributed by atoms with E-state index < -0.39 is 0 Å². The Morgan fingerprint density at radius 1 is 1.14 bits per heavy atom. The van der Waals surface area contributed by atoms with Gasteiger partial charge in [-0.15, -0.1) is 0 Å². The summed E-state index contributed by atoms with van der Waals surface area (Å²) in [5, 5.41) is 0.632. The lowest BCUT2D eigenvalue weighted by Crippen LogP contribution is -2.30. The van der Waals surface area contributed by atoms with E-state index in [1.807, 2.05) is 25.1 Å². The number of fused-ring (bicyclic) bond motifs is 2. The average Bonchev–Trinajstić information content (AvgIpc) is 3.44. The minimum atomic E-state index is -0.173. The molecule has 2 aromatic carbocycles. The number of anilines is 1. The molecule has 5 rings (SSSR count). The number of rotatable bonds is 4. The van der Waals surface area contributed by atoms with E-state index in [2.05, 4.69) is 13.0 Å². The molecule has 29 heavy (non-hydrogen) atoms. The summed E-state index contributed by atoms with van der Waals surface area (Å²) in [6.45, 7) is 4.56. The van der Waals surface area contributed by atoms with Crippen molar-refractivity contribution in [2.45, 2.75) is 20.4 Å². The second kappa shape index (κ2) is 6.93. The molecule has 0 N–H and O–H groups in total. The number of ether oxygens (including phenoxy) is 2. The molecule has 1 aliphatic rings. The highest BCUT2D eigenvalue weighted by molar-refractivity contribution is 7.22. The lowest BCUT2D eigenvalue weighted by molar-refractivity contribution is 0.0983. The topological polar surface area (TPSA) is 64.8 Å². The predicted octanol–water partition coefficient (Wildman–Crippen LogP) is 5.08. The van der Waals surface area contributed by atoms with Gasteiger partial charge in [-0.2, -0.15) is 0 Å². The predicted molar refractivity (Wildman–Crippen MR) is 111 cm³/mol. The number of hydrogen-bond donors (Lipinski definition) is 0. The molecule has 0 aliphatic carbocycles. The maximum Gasteiger partial charge on any atom is 0.260 e. The van der Waals surface area contributed by atoms with Crippen molar-refractivity contribution in [3.63, 3.8) is 0 Å². The van der Waals surface area contributed by atoms with Crippen molar-refractivity contribution in [3.8, 4) is 11.5 Å². The first-order valence-electron chi connectivity index (χ1n) is 9.20. The Labute approximate surface area is 171 Å². The van der Waals surface area contributed by atoms with Crippen LogP contribution in [0.15, 0.2) is 53.1 Å². The number of aryl methyl sites for hydroxylation is 2. The molecule has 0 radical (unpaired) electrons. The molecule has 3 heterocycles. The number of nitrogens with zero attached hydrogens (tertiary/aromatic N) is 2. The molecule has 6 nitrogen and oxygen atoms in total. The smallest absolute Gasteiger partial charge is 0.260 e. The van der Waals surface area contributed by atoms with Crippen molar-refractivity contribution in [1.29, 1.82) is 0 Å². The van der Waals surface area contributed by atoms with Gasteiger partial charge in [-0.25, -0.2) is 4.98 Å². The number of carbonyl (C=O) groups is 1. The Morgan fingerprint density at radius 2 is 2.00 bits per heavy atom. The molecule has 0 fully saturated rings. The third-order valence-electron chi connectivity index (χ3n) is 4.80. The van der Waals surface area contributed by atoms with Crippen molar-refractivity contribution in [1.82, 2.24) is 4.98 Å². The summed E-state index contributed by atoms with van der Waals surface area (Å²) in [4.78, 5) is 19.9. The number of aromatic nitrogens is 1. The standard InChI is InChI=1S/C22H18N2O4S/c1-13-8-14(2)20-17(9-13)23-22(29-20)24(11-16-4-3-7-26-16)21(25)15-5-6-18-19(10-15)28-12-27-18/h3-10H,11-12H2,1-2H3. The van der Waals surface area contributed by atoms with Gasteiger partial charge in [-0.05, 0) is 61.4 Å². The van der Waals surface area contributed by atoms with Gasteiger partial charge in [0.05, 0.1) is 23.0 Å². The fraction of sp³-hybridized carbons (Fsp3) is 0.182. The summed E-state index contributed by atoms with van der Waals surface area (Å²) in [6.07, 6.45) is 1.60. The number of benzene rings is 2. The first-order valence-corrected chi connectivity index (χ1v) is 10.0.